The number of pyridine rings is 1. The number of rotatable bonds is 6. The second-order valence-corrected chi connectivity index (χ2v) is 11.1. The van der Waals surface area contributed by atoms with Gasteiger partial charge in [-0.3, -0.25) is 9.59 Å². The van der Waals surface area contributed by atoms with Gasteiger partial charge in [0.1, 0.15) is 17.6 Å². The van der Waals surface area contributed by atoms with Crippen LogP contribution in [0.4, 0.5) is 32.2 Å². The zero-order valence-electron chi connectivity index (χ0n) is 21.0. The summed E-state index contributed by atoms with van der Waals surface area (Å²) in [6.07, 6.45) is -7.05. The van der Waals surface area contributed by atoms with E-state index in [1.807, 2.05) is 5.32 Å². The maximum Gasteiger partial charge on any atom is 0.417 e. The molecule has 3 saturated heterocycles. The van der Waals surface area contributed by atoms with E-state index in [4.69, 9.17) is 4.74 Å². The molecule has 2 aromatic rings. The highest BCUT2D eigenvalue weighted by molar-refractivity contribution is 7.17. The lowest BCUT2D eigenvalue weighted by molar-refractivity contribution is -0.138. The smallest absolute Gasteiger partial charge is 0.388 e. The summed E-state index contributed by atoms with van der Waals surface area (Å²) in [6, 6.07) is -2.70. The maximum atomic E-state index is 14.2. The van der Waals surface area contributed by atoms with Gasteiger partial charge in [-0.15, -0.1) is 11.3 Å². The number of thiazole rings is 1. The Hall–Kier alpha value is -2.98. The van der Waals surface area contributed by atoms with Gasteiger partial charge in [0.15, 0.2) is 5.01 Å². The van der Waals surface area contributed by atoms with Crippen LogP contribution in [0.1, 0.15) is 58.5 Å². The first kappa shape index (κ1) is 28.5. The van der Waals surface area contributed by atoms with Crippen molar-refractivity contribution in [2.75, 3.05) is 18.5 Å². The molecule has 0 unspecified atom stereocenters. The highest BCUT2D eigenvalue weighted by atomic mass is 32.1. The van der Waals surface area contributed by atoms with Gasteiger partial charge in [-0.1, -0.05) is 0 Å². The molecule has 40 heavy (non-hydrogen) atoms. The van der Waals surface area contributed by atoms with E-state index in [-0.39, 0.29) is 40.9 Å². The van der Waals surface area contributed by atoms with E-state index < -0.39 is 59.3 Å². The van der Waals surface area contributed by atoms with Crippen molar-refractivity contribution in [1.29, 1.82) is 0 Å². The van der Waals surface area contributed by atoms with Crippen molar-refractivity contribution >= 4 is 29.0 Å². The number of halogens is 6. The number of carbonyl (C=O) groups excluding carboxylic acids is 2. The lowest BCUT2D eigenvalue weighted by atomic mass is 10.0. The van der Waals surface area contributed by atoms with Crippen LogP contribution < -0.4 is 10.6 Å². The predicted molar refractivity (Wildman–Crippen MR) is 130 cm³/mol. The van der Waals surface area contributed by atoms with Crippen molar-refractivity contribution in [1.82, 2.24) is 20.2 Å². The zero-order chi connectivity index (χ0) is 29.0. The minimum Gasteiger partial charge on any atom is -0.388 e. The third-order valence-corrected chi connectivity index (χ3v) is 8.48. The minimum absolute atomic E-state index is 0.0104. The first-order valence-electron chi connectivity index (χ1n) is 12.5. The number of aliphatic hydroxyl groups excluding tert-OH is 1. The second-order valence-electron chi connectivity index (χ2n) is 10.1. The number of hydrogen-bond donors (Lipinski definition) is 3. The quantitative estimate of drug-likeness (QED) is 0.436. The average Bonchev–Trinajstić information content (AvgIpc) is 3.67. The van der Waals surface area contributed by atoms with Gasteiger partial charge in [-0.25, -0.2) is 9.97 Å². The number of ether oxygens (including phenoxy) is 1. The van der Waals surface area contributed by atoms with Gasteiger partial charge in [0.05, 0.1) is 35.8 Å². The summed E-state index contributed by atoms with van der Waals surface area (Å²) >= 11 is 0.536. The first-order chi connectivity index (χ1) is 18.7. The van der Waals surface area contributed by atoms with Crippen LogP contribution in [-0.2, 0) is 10.9 Å². The summed E-state index contributed by atoms with van der Waals surface area (Å²) in [5.74, 6) is -2.10. The summed E-state index contributed by atoms with van der Waals surface area (Å²) < 4.78 is 86.8. The normalized spacial score (nSPS) is 25.4. The highest BCUT2D eigenvalue weighted by Gasteiger charge is 2.45. The molecule has 3 N–H and O–H groups in total. The number of nitrogens with zero attached hydrogens (tertiary/aromatic N) is 3. The zero-order valence-corrected chi connectivity index (χ0v) is 21.8. The Morgan fingerprint density at radius 3 is 2.33 bits per heavy atom. The van der Waals surface area contributed by atoms with Crippen LogP contribution in [0.25, 0.3) is 10.4 Å². The molecule has 2 aromatic heterocycles. The summed E-state index contributed by atoms with van der Waals surface area (Å²) in [4.78, 5) is 35.9. The third-order valence-electron chi connectivity index (χ3n) is 7.39. The van der Waals surface area contributed by atoms with E-state index >= 15 is 0 Å². The van der Waals surface area contributed by atoms with E-state index in [1.165, 1.54) is 0 Å². The largest absolute Gasteiger partial charge is 0.417 e. The Kier molecular flexibility index (Phi) is 7.46. The van der Waals surface area contributed by atoms with Gasteiger partial charge >= 0.3 is 12.4 Å². The Labute approximate surface area is 227 Å². The van der Waals surface area contributed by atoms with Crippen LogP contribution in [0.5, 0.6) is 0 Å². The molecule has 3 aliphatic rings. The molecule has 218 valence electrons. The Morgan fingerprint density at radius 2 is 1.77 bits per heavy atom. The fourth-order valence-electron chi connectivity index (χ4n) is 5.28. The molecule has 0 aromatic carbocycles. The Morgan fingerprint density at radius 1 is 1.12 bits per heavy atom. The fourth-order valence-corrected chi connectivity index (χ4v) is 6.26. The standard InChI is InChI=1S/C24H25F6N5O4S/c1-10(23(25,26)27)32-17-6-14(24(28,29)30)13(7-31-17)19-18(22(38)35-11-2-3-12(35)5-4-11)34-21(40-19)20(37)33-15-8-39-9-16(15)36/h6-7,10-12,15-16,36H,2-5,8-9H2,1H3,(H,31,32)(H,33,37)/t10-,11?,12?,15-,16+/m0/s1. The van der Waals surface area contributed by atoms with Gasteiger partial charge in [-0.2, -0.15) is 26.3 Å². The number of aromatic nitrogens is 2. The van der Waals surface area contributed by atoms with Gasteiger partial charge in [0, 0.05) is 23.8 Å². The summed E-state index contributed by atoms with van der Waals surface area (Å²) in [5.41, 5.74) is -2.30. The number of fused-ring (bicyclic) bond motifs is 2. The van der Waals surface area contributed by atoms with Crippen molar-refractivity contribution in [3.05, 3.63) is 28.5 Å². The first-order valence-corrected chi connectivity index (χ1v) is 13.4. The molecule has 2 amide bonds. The lowest BCUT2D eigenvalue weighted by Gasteiger charge is -2.22. The number of amides is 2. The summed E-state index contributed by atoms with van der Waals surface area (Å²) in [6.45, 7) is 0.745. The molecular formula is C24H25F6N5O4S. The number of carbonyl (C=O) groups is 2. The van der Waals surface area contributed by atoms with E-state index in [0.717, 1.165) is 38.8 Å². The van der Waals surface area contributed by atoms with Gasteiger partial charge in [0.2, 0.25) is 0 Å². The SMILES string of the molecule is C[C@H](Nc1cc(C(F)(F)F)c(-c2sc(C(=O)N[C@H]3COC[C@H]3O)nc2C(=O)N2C3CCC2CC3)cn1)C(F)(F)F. The second kappa shape index (κ2) is 10.4. The van der Waals surface area contributed by atoms with Crippen molar-refractivity contribution in [2.24, 2.45) is 0 Å². The van der Waals surface area contributed by atoms with Gasteiger partial charge in [-0.05, 0) is 38.7 Å². The van der Waals surface area contributed by atoms with Crippen LogP contribution in [0.3, 0.4) is 0 Å². The highest BCUT2D eigenvalue weighted by Crippen LogP contribution is 2.44. The van der Waals surface area contributed by atoms with Crippen molar-refractivity contribution in [2.45, 2.75) is 75.2 Å². The third kappa shape index (κ3) is 5.48. The Balaban J connectivity index is 1.56. The predicted octanol–water partition coefficient (Wildman–Crippen LogP) is 3.84. The average molecular weight is 594 g/mol. The van der Waals surface area contributed by atoms with E-state index in [2.05, 4.69) is 15.3 Å². The lowest BCUT2D eigenvalue weighted by Crippen LogP contribution is -2.42. The summed E-state index contributed by atoms with van der Waals surface area (Å²) in [5, 5.41) is 14.1. The van der Waals surface area contributed by atoms with Crippen molar-refractivity contribution < 1.29 is 45.8 Å². The van der Waals surface area contributed by atoms with Crippen LogP contribution in [-0.4, -0.2) is 81.5 Å². The molecule has 0 saturated carbocycles. The minimum atomic E-state index is -5.04. The van der Waals surface area contributed by atoms with Gasteiger partial charge < -0.3 is 25.4 Å². The van der Waals surface area contributed by atoms with E-state index in [1.54, 1.807) is 4.90 Å². The molecule has 5 heterocycles. The van der Waals surface area contributed by atoms with E-state index in [0.29, 0.717) is 17.4 Å². The topological polar surface area (TPSA) is 117 Å². The van der Waals surface area contributed by atoms with Crippen LogP contribution in [0.15, 0.2) is 12.3 Å². The van der Waals surface area contributed by atoms with Crippen molar-refractivity contribution in [3.63, 3.8) is 0 Å². The molecule has 16 heteroatoms. The van der Waals surface area contributed by atoms with Crippen LogP contribution in [0.2, 0.25) is 0 Å². The van der Waals surface area contributed by atoms with Crippen molar-refractivity contribution in [3.8, 4) is 10.4 Å². The van der Waals surface area contributed by atoms with E-state index in [9.17, 15) is 41.0 Å². The number of anilines is 1. The monoisotopic (exact) mass is 593 g/mol. The number of nitrogens with one attached hydrogen (secondary N) is 2. The molecule has 3 aliphatic heterocycles. The molecule has 3 atom stereocenters. The Bertz CT molecular complexity index is 1280. The number of alkyl halides is 6. The number of hydrogen-bond acceptors (Lipinski definition) is 8. The molecule has 0 aliphatic carbocycles. The molecular weight excluding hydrogens is 568 g/mol. The summed E-state index contributed by atoms with van der Waals surface area (Å²) in [7, 11) is 0. The van der Waals surface area contributed by atoms with Crippen LogP contribution in [0, 0.1) is 0 Å². The molecule has 5 rings (SSSR count). The molecule has 0 radical (unpaired) electrons. The molecule has 2 bridgehead atoms. The fraction of sp³-hybridized carbons (Fsp3) is 0.583. The van der Waals surface area contributed by atoms with Crippen LogP contribution >= 0.6 is 11.3 Å². The molecule has 0 spiro atoms. The maximum absolute atomic E-state index is 14.2. The molecule has 9 nitrogen and oxygen atoms in total. The van der Waals surface area contributed by atoms with Gasteiger partial charge in [0.25, 0.3) is 11.8 Å². The molecule has 3 fully saturated rings. The number of aliphatic hydroxyl groups is 1.